The maximum Gasteiger partial charge on any atom is 0.500 e. The molecule has 0 rings (SSSR count). The van der Waals surface area contributed by atoms with E-state index in [2.05, 4.69) is 0 Å². The third kappa shape index (κ3) is 9.56. The van der Waals surface area contributed by atoms with Crippen LogP contribution in [0.15, 0.2) is 0 Å². The van der Waals surface area contributed by atoms with E-state index in [4.69, 9.17) is 18.0 Å². The van der Waals surface area contributed by atoms with Gasteiger partial charge in [0, 0.05) is 25.9 Å². The first-order chi connectivity index (χ1) is 10.5. The van der Waals surface area contributed by atoms with Gasteiger partial charge >= 0.3 is 14.8 Å². The molecule has 132 valence electrons. The van der Waals surface area contributed by atoms with Gasteiger partial charge in [0.1, 0.15) is 0 Å². The topological polar surface area (TPSA) is 54.0 Å². The molecule has 0 aromatic rings. The quantitative estimate of drug-likeness (QED) is 0.275. The molecule has 6 heteroatoms. The van der Waals surface area contributed by atoms with Crippen LogP contribution in [0.1, 0.15) is 60.3 Å². The van der Waals surface area contributed by atoms with Crippen LogP contribution in [-0.4, -0.2) is 41.2 Å². The molecule has 0 saturated carbocycles. The Balaban J connectivity index is 3.90. The highest BCUT2D eigenvalue weighted by molar-refractivity contribution is 6.60. The van der Waals surface area contributed by atoms with Crippen LogP contribution in [0.25, 0.3) is 0 Å². The minimum absolute atomic E-state index is 0.0461. The summed E-state index contributed by atoms with van der Waals surface area (Å²) in [6, 6.07) is 0.855. The minimum Gasteiger partial charge on any atom is -0.465 e. The Hall–Kier alpha value is -0.433. The predicted octanol–water partition coefficient (Wildman–Crippen LogP) is 3.79. The molecule has 0 aliphatic carbocycles. The Labute approximate surface area is 137 Å². The van der Waals surface area contributed by atoms with E-state index in [0.717, 1.165) is 31.7 Å². The molecule has 0 unspecified atom stereocenters. The van der Waals surface area contributed by atoms with Crippen LogP contribution in [0.4, 0.5) is 0 Å². The highest BCUT2D eigenvalue weighted by Crippen LogP contribution is 2.20. The number of ether oxygens (including phenoxy) is 1. The number of esters is 1. The number of carbonyl (C=O) groups is 1. The molecule has 0 heterocycles. The summed E-state index contributed by atoms with van der Waals surface area (Å²) in [5.74, 6) is -0.161. The van der Waals surface area contributed by atoms with Crippen LogP contribution < -0.4 is 0 Å². The van der Waals surface area contributed by atoms with E-state index in [9.17, 15) is 4.79 Å². The molecule has 0 aromatic carbocycles. The number of rotatable bonds is 14. The molecule has 0 spiro atoms. The molecule has 0 atom stereocenters. The van der Waals surface area contributed by atoms with E-state index in [-0.39, 0.29) is 11.9 Å². The number of hydrogen-bond donors (Lipinski definition) is 0. The summed E-state index contributed by atoms with van der Waals surface area (Å²) in [6.45, 7) is 12.0. The zero-order valence-electron chi connectivity index (χ0n) is 15.0. The highest BCUT2D eigenvalue weighted by atomic mass is 28.4. The van der Waals surface area contributed by atoms with Crippen molar-refractivity contribution < 1.29 is 22.8 Å². The molecular weight excluding hydrogens is 300 g/mol. The average Bonchev–Trinajstić information content (AvgIpc) is 2.46. The SMILES string of the molecule is CCO[Si](CCCCCCOC(=O)C(C)C)(OCC)OCC. The Morgan fingerprint density at radius 2 is 1.36 bits per heavy atom. The smallest absolute Gasteiger partial charge is 0.465 e. The van der Waals surface area contributed by atoms with Gasteiger partial charge < -0.3 is 18.0 Å². The summed E-state index contributed by atoms with van der Waals surface area (Å²) < 4.78 is 22.6. The van der Waals surface area contributed by atoms with Crippen molar-refractivity contribution in [3.63, 3.8) is 0 Å². The van der Waals surface area contributed by atoms with Crippen LogP contribution >= 0.6 is 0 Å². The Bertz CT molecular complexity index is 267. The van der Waals surface area contributed by atoms with Crippen LogP contribution in [0.2, 0.25) is 6.04 Å². The third-order valence-electron chi connectivity index (χ3n) is 3.19. The summed E-state index contributed by atoms with van der Waals surface area (Å²) in [5, 5.41) is 0. The lowest BCUT2D eigenvalue weighted by Gasteiger charge is -2.28. The van der Waals surface area contributed by atoms with Gasteiger partial charge in [-0.3, -0.25) is 4.79 Å². The minimum atomic E-state index is -2.48. The van der Waals surface area contributed by atoms with Crippen molar-refractivity contribution in [3.8, 4) is 0 Å². The number of unbranched alkanes of at least 4 members (excludes halogenated alkanes) is 3. The van der Waals surface area contributed by atoms with Gasteiger partial charge in [-0.05, 0) is 33.6 Å². The van der Waals surface area contributed by atoms with E-state index in [1.165, 1.54) is 0 Å². The van der Waals surface area contributed by atoms with Crippen molar-refractivity contribution in [2.75, 3.05) is 26.4 Å². The van der Waals surface area contributed by atoms with Crippen molar-refractivity contribution in [2.45, 2.75) is 66.3 Å². The second-order valence-corrected chi connectivity index (χ2v) is 8.20. The Morgan fingerprint density at radius 3 is 1.82 bits per heavy atom. The first-order valence-corrected chi connectivity index (χ1v) is 10.5. The molecule has 0 saturated heterocycles. The van der Waals surface area contributed by atoms with Crippen LogP contribution in [0.3, 0.4) is 0 Å². The lowest BCUT2D eigenvalue weighted by atomic mass is 10.2. The molecule has 0 amide bonds. The second-order valence-electron chi connectivity index (χ2n) is 5.47. The lowest BCUT2D eigenvalue weighted by molar-refractivity contribution is -0.147. The van der Waals surface area contributed by atoms with E-state index in [0.29, 0.717) is 26.4 Å². The van der Waals surface area contributed by atoms with Crippen molar-refractivity contribution in [1.82, 2.24) is 0 Å². The average molecular weight is 335 g/mol. The third-order valence-corrected chi connectivity index (χ3v) is 6.34. The van der Waals surface area contributed by atoms with Crippen LogP contribution in [0, 0.1) is 5.92 Å². The van der Waals surface area contributed by atoms with Gasteiger partial charge in [-0.25, -0.2) is 0 Å². The van der Waals surface area contributed by atoms with E-state index < -0.39 is 8.80 Å². The van der Waals surface area contributed by atoms with Gasteiger partial charge in [0.15, 0.2) is 0 Å². The van der Waals surface area contributed by atoms with E-state index in [1.54, 1.807) is 0 Å². The summed E-state index contributed by atoms with van der Waals surface area (Å²) in [5.41, 5.74) is 0. The fourth-order valence-electron chi connectivity index (χ4n) is 2.14. The summed E-state index contributed by atoms with van der Waals surface area (Å²) in [4.78, 5) is 11.3. The molecule has 0 N–H and O–H groups in total. The molecule has 0 aromatic heterocycles. The molecule has 0 bridgehead atoms. The van der Waals surface area contributed by atoms with Crippen molar-refractivity contribution in [3.05, 3.63) is 0 Å². The second kappa shape index (κ2) is 13.0. The van der Waals surface area contributed by atoms with Crippen molar-refractivity contribution >= 4 is 14.8 Å². The van der Waals surface area contributed by atoms with Crippen molar-refractivity contribution in [2.24, 2.45) is 5.92 Å². The van der Waals surface area contributed by atoms with Crippen LogP contribution in [-0.2, 0) is 22.8 Å². The molecular formula is C16H34O5Si. The molecule has 22 heavy (non-hydrogen) atoms. The number of hydrogen-bond acceptors (Lipinski definition) is 5. The Kier molecular flexibility index (Phi) is 12.8. The van der Waals surface area contributed by atoms with Gasteiger partial charge in [-0.15, -0.1) is 0 Å². The maximum absolute atomic E-state index is 11.3. The summed E-state index contributed by atoms with van der Waals surface area (Å²) in [7, 11) is -2.48. The van der Waals surface area contributed by atoms with Gasteiger partial charge in [-0.2, -0.15) is 0 Å². The lowest BCUT2D eigenvalue weighted by Crippen LogP contribution is -2.45. The van der Waals surface area contributed by atoms with E-state index >= 15 is 0 Å². The summed E-state index contributed by atoms with van der Waals surface area (Å²) in [6.07, 6.45) is 4.04. The van der Waals surface area contributed by atoms with Crippen LogP contribution in [0.5, 0.6) is 0 Å². The normalized spacial score (nSPS) is 11.9. The molecule has 0 fully saturated rings. The van der Waals surface area contributed by atoms with Gasteiger partial charge in [0.2, 0.25) is 0 Å². The van der Waals surface area contributed by atoms with Crippen molar-refractivity contribution in [1.29, 1.82) is 0 Å². The zero-order valence-corrected chi connectivity index (χ0v) is 16.0. The fourth-order valence-corrected chi connectivity index (χ4v) is 4.82. The molecule has 0 radical (unpaired) electrons. The highest BCUT2D eigenvalue weighted by Gasteiger charge is 2.39. The monoisotopic (exact) mass is 334 g/mol. The van der Waals surface area contributed by atoms with Gasteiger partial charge in [0.25, 0.3) is 0 Å². The maximum atomic E-state index is 11.3. The largest absolute Gasteiger partial charge is 0.500 e. The van der Waals surface area contributed by atoms with E-state index in [1.807, 2.05) is 34.6 Å². The first kappa shape index (κ1) is 21.6. The number of carbonyl (C=O) groups excluding carboxylic acids is 1. The standard InChI is InChI=1S/C16H34O5Si/c1-6-19-22(20-7-2,21-8-3)14-12-10-9-11-13-18-16(17)15(4)5/h15H,6-14H2,1-5H3. The zero-order chi connectivity index (χ0) is 16.8. The molecule has 5 nitrogen and oxygen atoms in total. The fraction of sp³-hybridized carbons (Fsp3) is 0.938. The van der Waals surface area contributed by atoms with Gasteiger partial charge in [0.05, 0.1) is 12.5 Å². The summed E-state index contributed by atoms with van der Waals surface area (Å²) >= 11 is 0. The Morgan fingerprint density at radius 1 is 0.864 bits per heavy atom. The predicted molar refractivity (Wildman–Crippen MR) is 89.7 cm³/mol. The van der Waals surface area contributed by atoms with Gasteiger partial charge in [-0.1, -0.05) is 26.7 Å². The molecule has 0 aliphatic heterocycles. The molecule has 0 aliphatic rings. The first-order valence-electron chi connectivity index (χ1n) is 8.59.